The van der Waals surface area contributed by atoms with E-state index in [2.05, 4.69) is 15.2 Å². The summed E-state index contributed by atoms with van der Waals surface area (Å²) in [4.78, 5) is 15.2. The monoisotopic (exact) mass is 367 g/mol. The van der Waals surface area contributed by atoms with Crippen molar-refractivity contribution in [2.45, 2.75) is 57.5 Å². The van der Waals surface area contributed by atoms with Crippen molar-refractivity contribution in [1.82, 2.24) is 19.9 Å². The molecule has 2 bridgehead atoms. The Morgan fingerprint density at radius 3 is 2.60 bits per heavy atom. The number of hydrogen-bond donors (Lipinski definition) is 1. The van der Waals surface area contributed by atoms with Crippen LogP contribution in [0.5, 0.6) is 0 Å². The number of amides is 1. The van der Waals surface area contributed by atoms with E-state index in [0.29, 0.717) is 29.7 Å². The van der Waals surface area contributed by atoms with Crippen LogP contribution in [0.4, 0.5) is 0 Å². The van der Waals surface area contributed by atoms with Crippen molar-refractivity contribution in [3.8, 4) is 0 Å². The molecule has 1 aliphatic heterocycles. The number of nitrogens with two attached hydrogens (primary N) is 1. The van der Waals surface area contributed by atoms with Gasteiger partial charge in [0.15, 0.2) is 0 Å². The van der Waals surface area contributed by atoms with E-state index in [0.717, 1.165) is 38.9 Å². The van der Waals surface area contributed by atoms with E-state index in [9.17, 15) is 4.79 Å². The first-order valence-corrected chi connectivity index (χ1v) is 9.59. The Balaban J connectivity index is 0.00000182. The predicted octanol–water partition coefficient (Wildman–Crippen LogP) is 2.09. The smallest absolute Gasteiger partial charge is 0.225 e. The van der Waals surface area contributed by atoms with Gasteiger partial charge in [-0.05, 0) is 56.3 Å². The number of carbonyl (C=O) groups is 1. The molecule has 2 heterocycles. The van der Waals surface area contributed by atoms with Crippen molar-refractivity contribution in [2.24, 2.45) is 29.4 Å². The maximum absolute atomic E-state index is 13.1. The van der Waals surface area contributed by atoms with Crippen LogP contribution in [0.1, 0.15) is 44.9 Å². The Hall–Kier alpha value is -1.14. The molecule has 1 saturated heterocycles. The van der Waals surface area contributed by atoms with Gasteiger partial charge < -0.3 is 10.6 Å². The maximum atomic E-state index is 13.1. The Kier molecular flexibility index (Phi) is 6.00. The maximum Gasteiger partial charge on any atom is 0.225 e. The highest BCUT2D eigenvalue weighted by atomic mass is 35.5. The quantitative estimate of drug-likeness (QED) is 0.887. The van der Waals surface area contributed by atoms with Gasteiger partial charge in [-0.15, -0.1) is 17.5 Å². The van der Waals surface area contributed by atoms with Crippen molar-refractivity contribution in [3.05, 3.63) is 12.4 Å². The lowest BCUT2D eigenvalue weighted by molar-refractivity contribution is -0.140. The Morgan fingerprint density at radius 1 is 1.16 bits per heavy atom. The zero-order valence-corrected chi connectivity index (χ0v) is 15.6. The number of carbonyl (C=O) groups excluding carboxylic acids is 1. The summed E-state index contributed by atoms with van der Waals surface area (Å²) in [5, 5.41) is 7.94. The van der Waals surface area contributed by atoms with E-state index in [1.807, 2.05) is 10.9 Å². The summed E-state index contributed by atoms with van der Waals surface area (Å²) < 4.78 is 1.89. The van der Waals surface area contributed by atoms with Crippen LogP contribution in [0.2, 0.25) is 0 Å². The molecule has 2 N–H and O–H groups in total. The third kappa shape index (κ3) is 4.00. The average molecular weight is 368 g/mol. The third-order valence-electron chi connectivity index (χ3n) is 6.51. The minimum atomic E-state index is 0. The number of piperidine rings is 1. The SMILES string of the molecule is Cl.NC1C2CCCC1CC(C(=O)N1CCCC(Cn3ccnn3)C1)C2. The predicted molar refractivity (Wildman–Crippen MR) is 98.1 cm³/mol. The minimum absolute atomic E-state index is 0. The van der Waals surface area contributed by atoms with Gasteiger partial charge >= 0.3 is 0 Å². The molecule has 140 valence electrons. The fourth-order valence-electron chi connectivity index (χ4n) is 5.26. The highest BCUT2D eigenvalue weighted by Crippen LogP contribution is 2.42. The highest BCUT2D eigenvalue weighted by molar-refractivity contribution is 5.85. The second-order valence-corrected chi connectivity index (χ2v) is 8.11. The van der Waals surface area contributed by atoms with Gasteiger partial charge in [-0.25, -0.2) is 0 Å². The average Bonchev–Trinajstić information content (AvgIpc) is 3.07. The van der Waals surface area contributed by atoms with Crippen molar-refractivity contribution in [2.75, 3.05) is 13.1 Å². The molecule has 0 radical (unpaired) electrons. The lowest BCUT2D eigenvalue weighted by Gasteiger charge is -2.45. The number of hydrogen-bond acceptors (Lipinski definition) is 4. The molecule has 0 aromatic carbocycles. The molecule has 25 heavy (non-hydrogen) atoms. The second kappa shape index (κ2) is 8.04. The van der Waals surface area contributed by atoms with Gasteiger partial charge in [0.2, 0.25) is 5.91 Å². The van der Waals surface area contributed by atoms with Crippen molar-refractivity contribution in [3.63, 3.8) is 0 Å². The first-order valence-electron chi connectivity index (χ1n) is 9.59. The van der Waals surface area contributed by atoms with Crippen molar-refractivity contribution in [1.29, 1.82) is 0 Å². The van der Waals surface area contributed by atoms with E-state index in [-0.39, 0.29) is 18.3 Å². The van der Waals surface area contributed by atoms with Gasteiger partial charge in [-0.3, -0.25) is 9.48 Å². The molecule has 4 rings (SSSR count). The van der Waals surface area contributed by atoms with Gasteiger partial charge in [0.1, 0.15) is 0 Å². The van der Waals surface area contributed by atoms with Gasteiger partial charge in [-0.1, -0.05) is 11.6 Å². The zero-order valence-electron chi connectivity index (χ0n) is 14.8. The van der Waals surface area contributed by atoms with Crippen LogP contribution in [0.15, 0.2) is 12.4 Å². The molecule has 3 fully saturated rings. The molecule has 1 amide bonds. The summed E-state index contributed by atoms with van der Waals surface area (Å²) in [5.74, 6) is 2.24. The van der Waals surface area contributed by atoms with Crippen LogP contribution in [0.3, 0.4) is 0 Å². The molecule has 3 unspecified atom stereocenters. The largest absolute Gasteiger partial charge is 0.342 e. The first kappa shape index (κ1) is 18.6. The summed E-state index contributed by atoms with van der Waals surface area (Å²) in [6.07, 6.45) is 11.7. The number of rotatable bonds is 3. The van der Waals surface area contributed by atoms with Crippen LogP contribution >= 0.6 is 12.4 Å². The Labute approximate surface area is 155 Å². The molecule has 3 aliphatic rings. The summed E-state index contributed by atoms with van der Waals surface area (Å²) in [6.45, 7) is 2.66. The van der Waals surface area contributed by atoms with E-state index in [1.165, 1.54) is 25.7 Å². The summed E-state index contributed by atoms with van der Waals surface area (Å²) in [5.41, 5.74) is 6.38. The fraction of sp³-hybridized carbons (Fsp3) is 0.833. The minimum Gasteiger partial charge on any atom is -0.342 e. The van der Waals surface area contributed by atoms with Crippen LogP contribution < -0.4 is 5.73 Å². The van der Waals surface area contributed by atoms with Crippen LogP contribution in [0, 0.1) is 23.7 Å². The number of likely N-dealkylation sites (tertiary alicyclic amines) is 1. The molecule has 7 heteroatoms. The molecule has 6 nitrogen and oxygen atoms in total. The molecule has 2 saturated carbocycles. The Morgan fingerprint density at radius 2 is 1.92 bits per heavy atom. The van der Waals surface area contributed by atoms with Gasteiger partial charge in [-0.2, -0.15) is 0 Å². The lowest BCUT2D eigenvalue weighted by Crippen LogP contribution is -2.51. The second-order valence-electron chi connectivity index (χ2n) is 8.11. The van der Waals surface area contributed by atoms with Crippen molar-refractivity contribution >= 4 is 18.3 Å². The number of fused-ring (bicyclic) bond motifs is 2. The van der Waals surface area contributed by atoms with Gasteiger partial charge in [0.05, 0.1) is 6.20 Å². The standard InChI is InChI=1S/C18H29N5O.ClH/c19-17-14-4-1-5-15(17)10-16(9-14)18(24)22-7-2-3-13(11-22)12-23-8-6-20-21-23;/h6,8,13-17H,1-5,7,9-12,19H2;1H. The molecular formula is C18H30ClN5O. The third-order valence-corrected chi connectivity index (χ3v) is 6.51. The first-order chi connectivity index (χ1) is 11.7. The van der Waals surface area contributed by atoms with E-state index in [4.69, 9.17) is 5.73 Å². The van der Waals surface area contributed by atoms with E-state index >= 15 is 0 Å². The van der Waals surface area contributed by atoms with Crippen LogP contribution in [-0.4, -0.2) is 44.9 Å². The van der Waals surface area contributed by atoms with Gasteiger partial charge in [0.25, 0.3) is 0 Å². The van der Waals surface area contributed by atoms with Gasteiger partial charge in [0, 0.05) is 37.8 Å². The number of nitrogens with zero attached hydrogens (tertiary/aromatic N) is 4. The molecule has 0 spiro atoms. The van der Waals surface area contributed by atoms with Crippen LogP contribution in [-0.2, 0) is 11.3 Å². The molecular weight excluding hydrogens is 338 g/mol. The van der Waals surface area contributed by atoms with Crippen molar-refractivity contribution < 1.29 is 4.79 Å². The summed E-state index contributed by atoms with van der Waals surface area (Å²) in [7, 11) is 0. The molecule has 3 atom stereocenters. The fourth-order valence-corrected chi connectivity index (χ4v) is 5.26. The number of halogens is 1. The summed E-state index contributed by atoms with van der Waals surface area (Å²) in [6, 6.07) is 0.337. The normalized spacial score (nSPS) is 35.1. The molecule has 1 aromatic rings. The highest BCUT2D eigenvalue weighted by Gasteiger charge is 2.42. The Bertz CT molecular complexity index is 552. The topological polar surface area (TPSA) is 77.0 Å². The van der Waals surface area contributed by atoms with E-state index < -0.39 is 0 Å². The molecule has 2 aliphatic carbocycles. The molecule has 1 aromatic heterocycles. The lowest BCUT2D eigenvalue weighted by atomic mass is 9.65. The van der Waals surface area contributed by atoms with Crippen LogP contribution in [0.25, 0.3) is 0 Å². The zero-order chi connectivity index (χ0) is 16.5. The summed E-state index contributed by atoms with van der Waals surface area (Å²) >= 11 is 0. The van der Waals surface area contributed by atoms with E-state index in [1.54, 1.807) is 6.20 Å². The number of aromatic nitrogens is 3.